The largest absolute Gasteiger partial charge is 0.483 e. The number of amides is 1. The van der Waals surface area contributed by atoms with Gasteiger partial charge in [-0.15, -0.1) is 0 Å². The highest BCUT2D eigenvalue weighted by molar-refractivity contribution is 9.10. The molecule has 0 heterocycles. The molecule has 0 saturated carbocycles. The van der Waals surface area contributed by atoms with E-state index in [2.05, 4.69) is 21.2 Å². The van der Waals surface area contributed by atoms with Crippen molar-refractivity contribution in [1.29, 1.82) is 0 Å². The first-order valence-corrected chi connectivity index (χ1v) is 6.30. The Bertz CT molecular complexity index is 396. The zero-order valence-electron chi connectivity index (χ0n) is 10.00. The molecule has 1 amide bonds. The quantitative estimate of drug-likeness (QED) is 0.820. The molecular formula is C12H17BrN2O2. The van der Waals surface area contributed by atoms with Gasteiger partial charge < -0.3 is 15.8 Å². The van der Waals surface area contributed by atoms with Crippen molar-refractivity contribution in [2.45, 2.75) is 26.3 Å². The van der Waals surface area contributed by atoms with Gasteiger partial charge in [-0.3, -0.25) is 4.79 Å². The molecule has 17 heavy (non-hydrogen) atoms. The van der Waals surface area contributed by atoms with Gasteiger partial charge in [0.15, 0.2) is 6.61 Å². The molecule has 0 aliphatic heterocycles. The molecule has 0 saturated heterocycles. The Morgan fingerprint density at radius 3 is 2.94 bits per heavy atom. The summed E-state index contributed by atoms with van der Waals surface area (Å²) in [5.41, 5.74) is 6.29. The first-order chi connectivity index (χ1) is 8.04. The lowest BCUT2D eigenvalue weighted by molar-refractivity contribution is -0.123. The Hall–Kier alpha value is -1.23. The molecule has 1 unspecified atom stereocenters. The van der Waals surface area contributed by atoms with Crippen LogP contribution >= 0.6 is 15.9 Å². The van der Waals surface area contributed by atoms with E-state index < -0.39 is 0 Å². The van der Waals surface area contributed by atoms with Gasteiger partial charge in [0, 0.05) is 11.7 Å². The Balaban J connectivity index is 2.50. The molecule has 0 aliphatic rings. The van der Waals surface area contributed by atoms with Crippen molar-refractivity contribution in [1.82, 2.24) is 5.32 Å². The van der Waals surface area contributed by atoms with Crippen molar-refractivity contribution >= 4 is 27.5 Å². The first-order valence-electron chi connectivity index (χ1n) is 5.50. The lowest BCUT2D eigenvalue weighted by Crippen LogP contribution is -2.35. The topological polar surface area (TPSA) is 64.3 Å². The van der Waals surface area contributed by atoms with Gasteiger partial charge in [0.2, 0.25) is 0 Å². The van der Waals surface area contributed by atoms with Crippen LogP contribution in [0.3, 0.4) is 0 Å². The molecule has 1 aromatic carbocycles. The number of carbonyl (C=O) groups excluding carboxylic acids is 1. The van der Waals surface area contributed by atoms with Crippen molar-refractivity contribution < 1.29 is 9.53 Å². The van der Waals surface area contributed by atoms with E-state index in [-0.39, 0.29) is 18.6 Å². The molecule has 5 heteroatoms. The lowest BCUT2D eigenvalue weighted by Gasteiger charge is -2.13. The molecule has 1 rings (SSSR count). The highest BCUT2D eigenvalue weighted by atomic mass is 79.9. The molecule has 3 N–H and O–H groups in total. The number of nitrogen functional groups attached to an aromatic ring is 1. The van der Waals surface area contributed by atoms with Crippen LogP contribution in [0.4, 0.5) is 5.69 Å². The smallest absolute Gasteiger partial charge is 0.258 e. The minimum Gasteiger partial charge on any atom is -0.483 e. The van der Waals surface area contributed by atoms with Crippen LogP contribution in [-0.2, 0) is 4.79 Å². The second-order valence-corrected chi connectivity index (χ2v) is 4.62. The van der Waals surface area contributed by atoms with Gasteiger partial charge >= 0.3 is 0 Å². The van der Waals surface area contributed by atoms with Crippen LogP contribution < -0.4 is 15.8 Å². The van der Waals surface area contributed by atoms with Crippen LogP contribution in [0.2, 0.25) is 0 Å². The molecular weight excluding hydrogens is 284 g/mol. The van der Waals surface area contributed by atoms with E-state index in [1.165, 1.54) is 0 Å². The van der Waals surface area contributed by atoms with E-state index in [4.69, 9.17) is 10.5 Å². The van der Waals surface area contributed by atoms with Gasteiger partial charge in [0.05, 0.1) is 4.47 Å². The van der Waals surface area contributed by atoms with E-state index in [9.17, 15) is 4.79 Å². The lowest BCUT2D eigenvalue weighted by atomic mass is 10.2. The second-order valence-electron chi connectivity index (χ2n) is 3.82. The Morgan fingerprint density at radius 1 is 1.59 bits per heavy atom. The number of rotatable bonds is 5. The maximum atomic E-state index is 11.5. The second kappa shape index (κ2) is 6.49. The minimum atomic E-state index is -0.131. The molecule has 0 radical (unpaired) electrons. The minimum absolute atomic E-state index is 0.00755. The highest BCUT2D eigenvalue weighted by Crippen LogP contribution is 2.30. The molecule has 94 valence electrons. The van der Waals surface area contributed by atoms with Crippen molar-refractivity contribution in [3.8, 4) is 5.75 Å². The number of halogens is 1. The predicted octanol–water partition coefficient (Wildman–Crippen LogP) is 2.32. The van der Waals surface area contributed by atoms with Crippen LogP contribution in [0.25, 0.3) is 0 Å². The number of anilines is 1. The van der Waals surface area contributed by atoms with Crippen LogP contribution in [0.5, 0.6) is 5.75 Å². The third kappa shape index (κ3) is 4.26. The zero-order valence-corrected chi connectivity index (χ0v) is 11.6. The molecule has 0 bridgehead atoms. The van der Waals surface area contributed by atoms with Crippen LogP contribution in [0.1, 0.15) is 20.3 Å². The summed E-state index contributed by atoms with van der Waals surface area (Å²) >= 11 is 3.31. The van der Waals surface area contributed by atoms with E-state index in [1.807, 2.05) is 13.8 Å². The monoisotopic (exact) mass is 300 g/mol. The van der Waals surface area contributed by atoms with Gasteiger partial charge in [-0.25, -0.2) is 0 Å². The fourth-order valence-electron chi connectivity index (χ4n) is 1.20. The van der Waals surface area contributed by atoms with Gasteiger partial charge in [-0.2, -0.15) is 0 Å². The van der Waals surface area contributed by atoms with Crippen molar-refractivity contribution in [3.63, 3.8) is 0 Å². The number of ether oxygens (including phenoxy) is 1. The summed E-state index contributed by atoms with van der Waals surface area (Å²) in [5, 5.41) is 2.82. The van der Waals surface area contributed by atoms with Crippen molar-refractivity contribution in [3.05, 3.63) is 22.7 Å². The van der Waals surface area contributed by atoms with Crippen LogP contribution in [0, 0.1) is 0 Å². The molecule has 1 atom stereocenters. The van der Waals surface area contributed by atoms with Gasteiger partial charge in [0.25, 0.3) is 5.91 Å². The zero-order chi connectivity index (χ0) is 12.8. The summed E-state index contributed by atoms with van der Waals surface area (Å²) in [6.07, 6.45) is 0.897. The summed E-state index contributed by atoms with van der Waals surface area (Å²) in [5.74, 6) is 0.443. The van der Waals surface area contributed by atoms with Gasteiger partial charge in [-0.05, 0) is 41.4 Å². The van der Waals surface area contributed by atoms with Gasteiger partial charge in [0.1, 0.15) is 5.75 Å². The van der Waals surface area contributed by atoms with E-state index in [0.29, 0.717) is 15.9 Å². The molecule has 4 nitrogen and oxygen atoms in total. The number of hydrogen-bond donors (Lipinski definition) is 2. The summed E-state index contributed by atoms with van der Waals surface area (Å²) in [6.45, 7) is 3.96. The van der Waals surface area contributed by atoms with E-state index >= 15 is 0 Å². The molecule has 0 fully saturated rings. The maximum absolute atomic E-state index is 11.5. The number of hydrogen-bond acceptors (Lipinski definition) is 3. The summed E-state index contributed by atoms with van der Waals surface area (Å²) < 4.78 is 6.06. The normalized spacial score (nSPS) is 11.9. The predicted molar refractivity (Wildman–Crippen MR) is 71.9 cm³/mol. The van der Waals surface area contributed by atoms with E-state index in [0.717, 1.165) is 6.42 Å². The standard InChI is InChI=1S/C12H17BrN2O2/c1-3-8(2)15-11(16)7-17-10-6-4-5-9(14)12(10)13/h4-6,8H,3,7,14H2,1-2H3,(H,15,16). The molecule has 0 spiro atoms. The number of benzene rings is 1. The fourth-order valence-corrected chi connectivity index (χ4v) is 1.58. The van der Waals surface area contributed by atoms with Gasteiger partial charge in [-0.1, -0.05) is 13.0 Å². The Kier molecular flexibility index (Phi) is 5.28. The third-order valence-electron chi connectivity index (χ3n) is 2.37. The Labute approximate surface area is 110 Å². The van der Waals surface area contributed by atoms with Crippen molar-refractivity contribution in [2.75, 3.05) is 12.3 Å². The highest BCUT2D eigenvalue weighted by Gasteiger charge is 2.08. The molecule has 0 aromatic heterocycles. The van der Waals surface area contributed by atoms with Crippen molar-refractivity contribution in [2.24, 2.45) is 0 Å². The van der Waals surface area contributed by atoms with Crippen LogP contribution in [0.15, 0.2) is 22.7 Å². The van der Waals surface area contributed by atoms with Crippen LogP contribution in [-0.4, -0.2) is 18.6 Å². The number of carbonyl (C=O) groups is 1. The molecule has 0 aliphatic carbocycles. The SMILES string of the molecule is CCC(C)NC(=O)COc1cccc(N)c1Br. The molecule has 1 aromatic rings. The average Bonchev–Trinajstić information content (AvgIpc) is 2.31. The summed E-state index contributed by atoms with van der Waals surface area (Å²) in [6, 6.07) is 5.46. The average molecular weight is 301 g/mol. The summed E-state index contributed by atoms with van der Waals surface area (Å²) in [4.78, 5) is 11.5. The first kappa shape index (κ1) is 13.8. The third-order valence-corrected chi connectivity index (χ3v) is 3.22. The van der Waals surface area contributed by atoms with E-state index in [1.54, 1.807) is 18.2 Å². The Morgan fingerprint density at radius 2 is 2.29 bits per heavy atom. The number of nitrogens with two attached hydrogens (primary N) is 1. The number of nitrogens with one attached hydrogen (secondary N) is 1. The fraction of sp³-hybridized carbons (Fsp3) is 0.417. The summed E-state index contributed by atoms with van der Waals surface area (Å²) in [7, 11) is 0. The maximum Gasteiger partial charge on any atom is 0.258 e.